The van der Waals surface area contributed by atoms with Gasteiger partial charge >= 0.3 is 0 Å². The smallest absolute Gasteiger partial charge is 0.106 e. The molecule has 0 aromatic carbocycles. The van der Waals surface area contributed by atoms with E-state index in [1.54, 1.807) is 0 Å². The van der Waals surface area contributed by atoms with Crippen LogP contribution in [0.25, 0.3) is 0 Å². The minimum atomic E-state index is 0.632. The lowest BCUT2D eigenvalue weighted by Gasteiger charge is -2.17. The number of hydrogen-bond acceptors (Lipinski definition) is 2. The van der Waals surface area contributed by atoms with Crippen molar-refractivity contribution in [3.8, 4) is 0 Å². The molecule has 1 aromatic heterocycles. The summed E-state index contributed by atoms with van der Waals surface area (Å²) in [5.74, 6) is 0.898. The summed E-state index contributed by atoms with van der Waals surface area (Å²) in [6.45, 7) is 2.36. The number of nitrogens with one attached hydrogen (secondary N) is 1. The van der Waals surface area contributed by atoms with Gasteiger partial charge in [-0.2, -0.15) is 0 Å². The van der Waals surface area contributed by atoms with Crippen LogP contribution < -0.4 is 5.32 Å². The molecule has 1 aromatic rings. The molecule has 2 atom stereocenters. The Hall–Kier alpha value is -0.570. The van der Waals surface area contributed by atoms with E-state index < -0.39 is 0 Å². The first-order valence-corrected chi connectivity index (χ1v) is 6.91. The van der Waals surface area contributed by atoms with Crippen molar-refractivity contribution in [3.63, 3.8) is 0 Å². The van der Waals surface area contributed by atoms with Crippen LogP contribution in [0.3, 0.4) is 0 Å². The molecule has 0 spiro atoms. The highest BCUT2D eigenvalue weighted by Gasteiger charge is 2.15. The summed E-state index contributed by atoms with van der Waals surface area (Å²) in [7, 11) is 0. The summed E-state index contributed by atoms with van der Waals surface area (Å²) in [5, 5.41) is 3.59. The monoisotopic (exact) mass is 282 g/mol. The van der Waals surface area contributed by atoms with Crippen LogP contribution in [0.2, 0.25) is 0 Å². The molecule has 1 fully saturated rings. The average Bonchev–Trinajstić information content (AvgIpc) is 2.47. The van der Waals surface area contributed by atoms with Gasteiger partial charge in [0.1, 0.15) is 4.60 Å². The topological polar surface area (TPSA) is 24.9 Å². The molecule has 2 nitrogen and oxygen atoms in total. The summed E-state index contributed by atoms with van der Waals surface area (Å²) in [5.41, 5.74) is 1.14. The molecular formula is C13H19BrN2. The molecule has 1 N–H and O–H groups in total. The summed E-state index contributed by atoms with van der Waals surface area (Å²) >= 11 is 3.35. The Morgan fingerprint density at radius 3 is 2.88 bits per heavy atom. The lowest BCUT2D eigenvalue weighted by molar-refractivity contribution is 0.502. The minimum Gasteiger partial charge on any atom is -0.381 e. The highest BCUT2D eigenvalue weighted by molar-refractivity contribution is 9.10. The number of aromatic nitrogens is 1. The fraction of sp³-hybridized carbons (Fsp3) is 0.615. The molecule has 2 rings (SSSR count). The van der Waals surface area contributed by atoms with Gasteiger partial charge in [0.25, 0.3) is 0 Å². The van der Waals surface area contributed by atoms with E-state index in [9.17, 15) is 0 Å². The van der Waals surface area contributed by atoms with Gasteiger partial charge in [-0.25, -0.2) is 4.98 Å². The molecule has 0 saturated heterocycles. The first-order chi connectivity index (χ1) is 7.74. The second-order valence-electron chi connectivity index (χ2n) is 4.82. The summed E-state index contributed by atoms with van der Waals surface area (Å²) in [6.07, 6.45) is 8.57. The third-order valence-corrected chi connectivity index (χ3v) is 3.82. The standard InChI is InChI=1S/C13H19BrN2/c1-10-3-2-4-11(6-5-10)16-12-7-8-13(14)15-9-12/h7-11,16H,2-6H2,1H3. The van der Waals surface area contributed by atoms with Crippen LogP contribution in [-0.4, -0.2) is 11.0 Å². The Morgan fingerprint density at radius 2 is 2.12 bits per heavy atom. The molecule has 1 heterocycles. The van der Waals surface area contributed by atoms with Crippen LogP contribution >= 0.6 is 15.9 Å². The largest absolute Gasteiger partial charge is 0.381 e. The first kappa shape index (κ1) is 11.9. The predicted octanol–water partition coefficient (Wildman–Crippen LogP) is 4.22. The van der Waals surface area contributed by atoms with Crippen LogP contribution in [0.5, 0.6) is 0 Å². The van der Waals surface area contributed by atoms with Gasteiger partial charge < -0.3 is 5.32 Å². The SMILES string of the molecule is CC1CCCC(Nc2ccc(Br)nc2)CC1. The molecule has 1 aliphatic carbocycles. The maximum atomic E-state index is 4.24. The van der Waals surface area contributed by atoms with Crippen molar-refractivity contribution in [3.05, 3.63) is 22.9 Å². The summed E-state index contributed by atoms with van der Waals surface area (Å²) < 4.78 is 0.896. The Labute approximate surface area is 106 Å². The highest BCUT2D eigenvalue weighted by atomic mass is 79.9. The van der Waals surface area contributed by atoms with Crippen LogP contribution in [0.1, 0.15) is 39.0 Å². The molecule has 1 aliphatic rings. The van der Waals surface area contributed by atoms with E-state index in [1.807, 2.05) is 12.3 Å². The summed E-state index contributed by atoms with van der Waals surface area (Å²) in [4.78, 5) is 4.24. The Bertz CT molecular complexity index is 323. The van der Waals surface area contributed by atoms with Gasteiger partial charge in [0, 0.05) is 6.04 Å². The van der Waals surface area contributed by atoms with Gasteiger partial charge in [0.05, 0.1) is 11.9 Å². The fourth-order valence-electron chi connectivity index (χ4n) is 2.33. The van der Waals surface area contributed by atoms with E-state index in [2.05, 4.69) is 39.2 Å². The zero-order valence-corrected chi connectivity index (χ0v) is 11.3. The Balaban J connectivity index is 1.91. The maximum absolute atomic E-state index is 4.24. The van der Waals surface area contributed by atoms with E-state index >= 15 is 0 Å². The maximum Gasteiger partial charge on any atom is 0.106 e. The highest BCUT2D eigenvalue weighted by Crippen LogP contribution is 2.25. The third-order valence-electron chi connectivity index (χ3n) is 3.36. The lowest BCUT2D eigenvalue weighted by Crippen LogP contribution is -2.18. The Kier molecular flexibility index (Phi) is 4.22. The number of anilines is 1. The predicted molar refractivity (Wildman–Crippen MR) is 71.6 cm³/mol. The van der Waals surface area contributed by atoms with E-state index in [1.165, 1.54) is 32.1 Å². The van der Waals surface area contributed by atoms with Crippen molar-refractivity contribution in [2.24, 2.45) is 5.92 Å². The van der Waals surface area contributed by atoms with Crippen molar-refractivity contribution in [2.45, 2.75) is 45.1 Å². The first-order valence-electron chi connectivity index (χ1n) is 6.12. The molecule has 1 saturated carbocycles. The average molecular weight is 283 g/mol. The van der Waals surface area contributed by atoms with E-state index in [-0.39, 0.29) is 0 Å². The number of rotatable bonds is 2. The summed E-state index contributed by atoms with van der Waals surface area (Å²) in [6, 6.07) is 4.71. The van der Waals surface area contributed by atoms with Crippen LogP contribution in [0, 0.1) is 5.92 Å². The number of hydrogen-bond donors (Lipinski definition) is 1. The van der Waals surface area contributed by atoms with Gasteiger partial charge in [0.15, 0.2) is 0 Å². The van der Waals surface area contributed by atoms with Crippen molar-refractivity contribution < 1.29 is 0 Å². The van der Waals surface area contributed by atoms with E-state index in [0.29, 0.717) is 6.04 Å². The minimum absolute atomic E-state index is 0.632. The van der Waals surface area contributed by atoms with Crippen molar-refractivity contribution >= 4 is 21.6 Å². The van der Waals surface area contributed by atoms with Crippen molar-refractivity contribution in [1.29, 1.82) is 0 Å². The number of pyridine rings is 1. The Morgan fingerprint density at radius 1 is 1.25 bits per heavy atom. The molecule has 3 heteroatoms. The second-order valence-corrected chi connectivity index (χ2v) is 5.64. The van der Waals surface area contributed by atoms with Crippen LogP contribution in [-0.2, 0) is 0 Å². The van der Waals surface area contributed by atoms with Gasteiger partial charge in [-0.15, -0.1) is 0 Å². The molecule has 0 aliphatic heterocycles. The zero-order valence-electron chi connectivity index (χ0n) is 9.75. The molecular weight excluding hydrogens is 264 g/mol. The van der Waals surface area contributed by atoms with Gasteiger partial charge in [0.2, 0.25) is 0 Å². The van der Waals surface area contributed by atoms with Gasteiger partial charge in [-0.1, -0.05) is 19.8 Å². The zero-order chi connectivity index (χ0) is 11.4. The van der Waals surface area contributed by atoms with Crippen molar-refractivity contribution in [2.75, 3.05) is 5.32 Å². The van der Waals surface area contributed by atoms with Gasteiger partial charge in [-0.05, 0) is 53.2 Å². The molecule has 0 radical (unpaired) electrons. The molecule has 16 heavy (non-hydrogen) atoms. The van der Waals surface area contributed by atoms with Crippen LogP contribution in [0.15, 0.2) is 22.9 Å². The second kappa shape index (κ2) is 5.67. The molecule has 0 bridgehead atoms. The molecule has 88 valence electrons. The molecule has 0 amide bonds. The fourth-order valence-corrected chi connectivity index (χ4v) is 2.56. The number of nitrogens with zero attached hydrogens (tertiary/aromatic N) is 1. The normalized spacial score (nSPS) is 26.1. The van der Waals surface area contributed by atoms with Crippen molar-refractivity contribution in [1.82, 2.24) is 4.98 Å². The van der Waals surface area contributed by atoms with E-state index in [0.717, 1.165) is 16.2 Å². The van der Waals surface area contributed by atoms with Gasteiger partial charge in [-0.3, -0.25) is 0 Å². The lowest BCUT2D eigenvalue weighted by atomic mass is 10.0. The van der Waals surface area contributed by atoms with Crippen LogP contribution in [0.4, 0.5) is 5.69 Å². The quantitative estimate of drug-likeness (QED) is 0.649. The number of halogens is 1. The van der Waals surface area contributed by atoms with E-state index in [4.69, 9.17) is 0 Å². The third kappa shape index (κ3) is 3.48. The molecule has 2 unspecified atom stereocenters.